The summed E-state index contributed by atoms with van der Waals surface area (Å²) in [6, 6.07) is 17.3. The zero-order chi connectivity index (χ0) is 22.9. The molecule has 7 heteroatoms. The Labute approximate surface area is 190 Å². The molecule has 170 valence electrons. The molecule has 0 saturated carbocycles. The topological polar surface area (TPSA) is 68.6 Å². The van der Waals surface area contributed by atoms with Gasteiger partial charge in [-0.1, -0.05) is 44.2 Å². The van der Waals surface area contributed by atoms with E-state index in [1.54, 1.807) is 11.8 Å². The molecule has 1 heterocycles. The van der Waals surface area contributed by atoms with Gasteiger partial charge in [-0.3, -0.25) is 0 Å². The van der Waals surface area contributed by atoms with Crippen LogP contribution in [0.25, 0.3) is 5.69 Å². The molecule has 0 bridgehead atoms. The predicted octanol–water partition coefficient (Wildman–Crippen LogP) is 5.31. The normalized spacial score (nSPS) is 10.6. The van der Waals surface area contributed by atoms with Crippen molar-refractivity contribution in [3.63, 3.8) is 0 Å². The van der Waals surface area contributed by atoms with Crippen LogP contribution in [0.2, 0.25) is 0 Å². The lowest BCUT2D eigenvalue weighted by atomic mass is 10.2. The van der Waals surface area contributed by atoms with Crippen molar-refractivity contribution in [2.24, 2.45) is 0 Å². The van der Waals surface area contributed by atoms with E-state index in [-0.39, 0.29) is 6.03 Å². The molecule has 0 aliphatic carbocycles. The van der Waals surface area contributed by atoms with Crippen molar-refractivity contribution in [3.8, 4) is 23.1 Å². The number of nitrogens with zero attached hydrogens (tertiary/aromatic N) is 3. The zero-order valence-corrected chi connectivity index (χ0v) is 19.3. The Bertz CT molecular complexity index is 1020. The van der Waals surface area contributed by atoms with Crippen LogP contribution in [0.15, 0.2) is 54.6 Å². The third-order valence-corrected chi connectivity index (χ3v) is 5.07. The third-order valence-electron chi connectivity index (χ3n) is 5.07. The van der Waals surface area contributed by atoms with Crippen LogP contribution in [0.4, 0.5) is 4.79 Å². The molecule has 0 atom stereocenters. The number of amides is 2. The zero-order valence-electron chi connectivity index (χ0n) is 19.3. The highest BCUT2D eigenvalue weighted by molar-refractivity contribution is 5.74. The highest BCUT2D eigenvalue weighted by Crippen LogP contribution is 2.36. The monoisotopic (exact) mass is 436 g/mol. The van der Waals surface area contributed by atoms with Gasteiger partial charge in [0.15, 0.2) is 11.5 Å². The second-order valence-corrected chi connectivity index (χ2v) is 7.52. The number of carbonyl (C=O) groups excluding carboxylic acids is 1. The second-order valence-electron chi connectivity index (χ2n) is 7.52. The Morgan fingerprint density at radius 3 is 2.38 bits per heavy atom. The van der Waals surface area contributed by atoms with Gasteiger partial charge in [-0.05, 0) is 44.0 Å². The maximum absolute atomic E-state index is 12.8. The van der Waals surface area contributed by atoms with E-state index < -0.39 is 0 Å². The molecule has 0 spiro atoms. The average molecular weight is 437 g/mol. The maximum atomic E-state index is 12.8. The van der Waals surface area contributed by atoms with Crippen molar-refractivity contribution in [1.82, 2.24) is 20.0 Å². The van der Waals surface area contributed by atoms with Gasteiger partial charge in [0.2, 0.25) is 5.88 Å². The minimum Gasteiger partial charge on any atom is -0.493 e. The number of aromatic nitrogens is 2. The van der Waals surface area contributed by atoms with Crippen LogP contribution in [0.3, 0.4) is 0 Å². The molecule has 2 aromatic carbocycles. The van der Waals surface area contributed by atoms with Crippen LogP contribution in [0.1, 0.15) is 37.9 Å². The van der Waals surface area contributed by atoms with E-state index >= 15 is 0 Å². The largest absolute Gasteiger partial charge is 0.493 e. The van der Waals surface area contributed by atoms with E-state index in [1.807, 2.05) is 73.3 Å². The summed E-state index contributed by atoms with van der Waals surface area (Å²) >= 11 is 0. The summed E-state index contributed by atoms with van der Waals surface area (Å²) in [5.74, 6) is 1.79. The Morgan fingerprint density at radius 2 is 1.72 bits per heavy atom. The average Bonchev–Trinajstić information content (AvgIpc) is 3.13. The lowest BCUT2D eigenvalue weighted by Crippen LogP contribution is -2.40. The van der Waals surface area contributed by atoms with Crippen LogP contribution in [0, 0.1) is 6.92 Å². The van der Waals surface area contributed by atoms with E-state index in [4.69, 9.17) is 14.6 Å². The summed E-state index contributed by atoms with van der Waals surface area (Å²) < 4.78 is 13.7. The molecule has 0 radical (unpaired) electrons. The summed E-state index contributed by atoms with van der Waals surface area (Å²) in [6.07, 6.45) is 1.74. The fraction of sp³-hybridized carbons (Fsp3) is 0.360. The molecule has 0 fully saturated rings. The summed E-state index contributed by atoms with van der Waals surface area (Å²) in [5.41, 5.74) is 2.55. The molecular formula is C25H32N4O3. The molecule has 0 aliphatic heterocycles. The SMILES string of the molecule is CCCNC(=O)N(CCC)Cc1c(C)nn(-c2ccccc2)c1Oc1ccccc1OC. The highest BCUT2D eigenvalue weighted by Gasteiger charge is 2.24. The van der Waals surface area contributed by atoms with Crippen LogP contribution < -0.4 is 14.8 Å². The van der Waals surface area contributed by atoms with Crippen LogP contribution in [0.5, 0.6) is 17.4 Å². The van der Waals surface area contributed by atoms with E-state index in [1.165, 1.54) is 0 Å². The summed E-state index contributed by atoms with van der Waals surface area (Å²) in [5, 5.41) is 7.74. The Morgan fingerprint density at radius 1 is 1.03 bits per heavy atom. The van der Waals surface area contributed by atoms with Crippen molar-refractivity contribution in [2.45, 2.75) is 40.2 Å². The fourth-order valence-electron chi connectivity index (χ4n) is 3.43. The first kappa shape index (κ1) is 23.2. The number of carbonyl (C=O) groups is 1. The van der Waals surface area contributed by atoms with Gasteiger partial charge in [-0.15, -0.1) is 0 Å². The number of urea groups is 1. The van der Waals surface area contributed by atoms with Crippen LogP contribution in [-0.2, 0) is 6.54 Å². The van der Waals surface area contributed by atoms with Gasteiger partial charge in [0.1, 0.15) is 0 Å². The predicted molar refractivity (Wildman–Crippen MR) is 126 cm³/mol. The standard InChI is InChI=1S/C25H32N4O3/c1-5-16-26-25(30)28(17-6-2)18-21-19(3)27-29(20-12-8-7-9-13-20)24(21)32-23-15-11-10-14-22(23)31-4/h7-15H,5-6,16-18H2,1-4H3,(H,26,30). The molecule has 2 amide bonds. The van der Waals surface area contributed by atoms with E-state index in [2.05, 4.69) is 12.2 Å². The quantitative estimate of drug-likeness (QED) is 0.467. The highest BCUT2D eigenvalue weighted by atomic mass is 16.5. The number of rotatable bonds is 10. The molecular weight excluding hydrogens is 404 g/mol. The number of methoxy groups -OCH3 is 1. The van der Waals surface area contributed by atoms with E-state index in [0.29, 0.717) is 37.0 Å². The van der Waals surface area contributed by atoms with E-state index in [9.17, 15) is 4.79 Å². The molecule has 0 aliphatic rings. The number of nitrogens with one attached hydrogen (secondary N) is 1. The second kappa shape index (κ2) is 11.2. The number of ether oxygens (including phenoxy) is 2. The summed E-state index contributed by atoms with van der Waals surface area (Å²) in [6.45, 7) is 7.72. The molecule has 3 aromatic rings. The van der Waals surface area contributed by atoms with Gasteiger partial charge >= 0.3 is 6.03 Å². The van der Waals surface area contributed by atoms with Gasteiger partial charge in [-0.25, -0.2) is 9.48 Å². The molecule has 1 aromatic heterocycles. The van der Waals surface area contributed by atoms with Gasteiger partial charge in [0, 0.05) is 13.1 Å². The van der Waals surface area contributed by atoms with Crippen molar-refractivity contribution >= 4 is 6.03 Å². The molecule has 1 N–H and O–H groups in total. The molecule has 3 rings (SSSR count). The first-order valence-electron chi connectivity index (χ1n) is 11.1. The molecule has 0 saturated heterocycles. The summed E-state index contributed by atoms with van der Waals surface area (Å²) in [7, 11) is 1.61. The molecule has 7 nitrogen and oxygen atoms in total. The van der Waals surface area contributed by atoms with Crippen molar-refractivity contribution < 1.29 is 14.3 Å². The Balaban J connectivity index is 2.04. The van der Waals surface area contributed by atoms with Gasteiger partial charge < -0.3 is 19.7 Å². The lowest BCUT2D eigenvalue weighted by molar-refractivity contribution is 0.194. The first-order valence-corrected chi connectivity index (χ1v) is 11.1. The molecule has 32 heavy (non-hydrogen) atoms. The van der Waals surface area contributed by atoms with Crippen LogP contribution >= 0.6 is 0 Å². The number of aryl methyl sites for hydroxylation is 1. The van der Waals surface area contributed by atoms with Crippen molar-refractivity contribution in [1.29, 1.82) is 0 Å². The maximum Gasteiger partial charge on any atom is 0.317 e. The Hall–Kier alpha value is -3.48. The van der Waals surface area contributed by atoms with Gasteiger partial charge in [-0.2, -0.15) is 5.10 Å². The number of hydrogen-bond donors (Lipinski definition) is 1. The smallest absolute Gasteiger partial charge is 0.317 e. The fourth-order valence-corrected chi connectivity index (χ4v) is 3.43. The number of para-hydroxylation sites is 3. The lowest BCUT2D eigenvalue weighted by Gasteiger charge is -2.23. The number of hydrogen-bond acceptors (Lipinski definition) is 4. The minimum atomic E-state index is -0.0798. The minimum absolute atomic E-state index is 0.0798. The van der Waals surface area contributed by atoms with Gasteiger partial charge in [0.05, 0.1) is 30.6 Å². The number of benzene rings is 2. The van der Waals surface area contributed by atoms with Crippen molar-refractivity contribution in [2.75, 3.05) is 20.2 Å². The third kappa shape index (κ3) is 5.41. The van der Waals surface area contributed by atoms with Crippen LogP contribution in [-0.4, -0.2) is 40.9 Å². The van der Waals surface area contributed by atoms with Crippen molar-refractivity contribution in [3.05, 3.63) is 65.9 Å². The van der Waals surface area contributed by atoms with E-state index in [0.717, 1.165) is 29.8 Å². The summed E-state index contributed by atoms with van der Waals surface area (Å²) in [4.78, 5) is 14.6. The first-order chi connectivity index (χ1) is 15.6. The Kier molecular flexibility index (Phi) is 8.14. The van der Waals surface area contributed by atoms with Gasteiger partial charge in [0.25, 0.3) is 0 Å². The molecule has 0 unspecified atom stereocenters.